The average Bonchev–Trinajstić information content (AvgIpc) is 3.39. The number of carbonyl (C=O) groups excluding carboxylic acids is 2. The number of aliphatic imine (C=N–C) groups is 1. The molecule has 6 nitrogen and oxygen atoms in total. The molecule has 3 unspecified atom stereocenters. The van der Waals surface area contributed by atoms with Gasteiger partial charge in [0.1, 0.15) is 12.7 Å². The summed E-state index contributed by atoms with van der Waals surface area (Å²) in [4.78, 5) is 28.3. The first-order valence-corrected chi connectivity index (χ1v) is 14.5. The first-order valence-electron chi connectivity index (χ1n) is 14.5. The second kappa shape index (κ2) is 9.01. The molecule has 0 radical (unpaired) electrons. The Labute approximate surface area is 217 Å². The molecular weight excluding hydrogens is 454 g/mol. The molecule has 4 aliphatic carbocycles. The van der Waals surface area contributed by atoms with Gasteiger partial charge in [0.25, 0.3) is 12.9 Å². The highest BCUT2D eigenvalue weighted by atomic mass is 16.6. The van der Waals surface area contributed by atoms with Gasteiger partial charge in [0.15, 0.2) is 5.60 Å². The predicted octanol–water partition coefficient (Wildman–Crippen LogP) is 5.96. The van der Waals surface area contributed by atoms with E-state index >= 15 is 0 Å². The van der Waals surface area contributed by atoms with Gasteiger partial charge in [0.2, 0.25) is 5.90 Å². The van der Waals surface area contributed by atoms with Crippen LogP contribution < -0.4 is 0 Å². The van der Waals surface area contributed by atoms with Gasteiger partial charge in [-0.1, -0.05) is 34.1 Å². The lowest BCUT2D eigenvalue weighted by molar-refractivity contribution is -0.196. The van der Waals surface area contributed by atoms with Gasteiger partial charge in [-0.2, -0.15) is 0 Å². The number of hydrogen-bond donors (Lipinski definition) is 0. The van der Waals surface area contributed by atoms with E-state index in [0.717, 1.165) is 31.1 Å². The lowest BCUT2D eigenvalue weighted by Crippen LogP contribution is -2.61. The molecule has 5 aliphatic rings. The van der Waals surface area contributed by atoms with Gasteiger partial charge in [0, 0.05) is 5.92 Å². The summed E-state index contributed by atoms with van der Waals surface area (Å²) >= 11 is 0. The van der Waals surface area contributed by atoms with Gasteiger partial charge >= 0.3 is 0 Å². The summed E-state index contributed by atoms with van der Waals surface area (Å²) in [5.74, 6) is 3.91. The lowest BCUT2D eigenvalue weighted by Gasteiger charge is -2.63. The van der Waals surface area contributed by atoms with E-state index in [2.05, 4.69) is 27.7 Å². The Morgan fingerprint density at radius 3 is 2.42 bits per heavy atom. The molecule has 36 heavy (non-hydrogen) atoms. The highest BCUT2D eigenvalue weighted by molar-refractivity contribution is 5.88. The summed E-state index contributed by atoms with van der Waals surface area (Å²) in [6.45, 7) is 15.6. The second-order valence-corrected chi connectivity index (χ2v) is 14.0. The number of ether oxygens (including phenoxy) is 3. The van der Waals surface area contributed by atoms with Crippen molar-refractivity contribution in [2.45, 2.75) is 117 Å². The molecular formula is C30H47NO5. The van der Waals surface area contributed by atoms with Crippen LogP contribution in [0.25, 0.3) is 0 Å². The fourth-order valence-corrected chi connectivity index (χ4v) is 9.91. The Morgan fingerprint density at radius 1 is 1.03 bits per heavy atom. The number of nitrogens with zero attached hydrogens (tertiary/aromatic N) is 1. The van der Waals surface area contributed by atoms with E-state index in [9.17, 15) is 9.59 Å². The van der Waals surface area contributed by atoms with Gasteiger partial charge in [-0.05, 0) is 106 Å². The first kappa shape index (κ1) is 26.0. The average molecular weight is 502 g/mol. The smallest absolute Gasteiger partial charge is 0.294 e. The van der Waals surface area contributed by atoms with Crippen LogP contribution in [0.4, 0.5) is 0 Å². The van der Waals surface area contributed by atoms with E-state index in [1.165, 1.54) is 32.1 Å². The minimum absolute atomic E-state index is 0.0687. The summed E-state index contributed by atoms with van der Waals surface area (Å²) < 4.78 is 17.9. The molecule has 202 valence electrons. The van der Waals surface area contributed by atoms with Crippen LogP contribution >= 0.6 is 0 Å². The zero-order chi connectivity index (χ0) is 25.9. The second-order valence-electron chi connectivity index (χ2n) is 14.0. The molecule has 0 aromatic carbocycles. The Morgan fingerprint density at radius 2 is 1.78 bits per heavy atom. The molecule has 0 saturated heterocycles. The van der Waals surface area contributed by atoms with Gasteiger partial charge in [-0.3, -0.25) is 9.59 Å². The summed E-state index contributed by atoms with van der Waals surface area (Å²) in [6, 6.07) is 0. The molecule has 0 aromatic rings. The van der Waals surface area contributed by atoms with Crippen molar-refractivity contribution < 1.29 is 23.8 Å². The minimum atomic E-state index is -0.809. The third kappa shape index (κ3) is 3.83. The predicted molar refractivity (Wildman–Crippen MR) is 138 cm³/mol. The van der Waals surface area contributed by atoms with E-state index in [0.29, 0.717) is 55.0 Å². The fraction of sp³-hybridized carbons (Fsp3) is 0.900. The standard InChI is InChI=1S/C30H47NO5/c1-7-19(2)21-8-9-22-25-23(10-11-29(21,22)6)28(5)12-13-30(36-18-33,26-31-27(3,4)16-34-26)15-20(28)14-24(25)35-17-32/h17-25H,7-16H2,1-6H3/t19-,20-,21-,22?,23?,24-,25?,28+,29-,30-/m1/s1. The van der Waals surface area contributed by atoms with Crippen LogP contribution in [-0.4, -0.2) is 42.7 Å². The normalized spacial score (nSPS) is 47.9. The maximum Gasteiger partial charge on any atom is 0.294 e. The third-order valence-corrected chi connectivity index (χ3v) is 12.0. The molecule has 10 atom stereocenters. The van der Waals surface area contributed by atoms with Crippen molar-refractivity contribution in [2.75, 3.05) is 6.61 Å². The SMILES string of the molecule is CC[C@@H](C)[C@H]1CCC2C3C(CC[C@@]21C)[C@@]1(C)CC[C@](OC=O)(C2=NC(C)(C)CO2)C[C@H]1C[C@H]3OC=O. The number of rotatable bonds is 7. The molecule has 4 saturated carbocycles. The van der Waals surface area contributed by atoms with Crippen LogP contribution in [-0.2, 0) is 23.8 Å². The number of hydrogen-bond acceptors (Lipinski definition) is 6. The molecule has 0 aromatic heterocycles. The fourth-order valence-electron chi connectivity index (χ4n) is 9.91. The molecule has 6 heteroatoms. The minimum Gasteiger partial charge on any atom is -0.476 e. The topological polar surface area (TPSA) is 74.2 Å². The van der Waals surface area contributed by atoms with Gasteiger partial charge < -0.3 is 14.2 Å². The molecule has 0 spiro atoms. The quantitative estimate of drug-likeness (QED) is 0.402. The third-order valence-electron chi connectivity index (χ3n) is 12.0. The summed E-state index contributed by atoms with van der Waals surface area (Å²) in [6.07, 6.45) is 9.42. The largest absolute Gasteiger partial charge is 0.476 e. The maximum absolute atomic E-state index is 11.8. The van der Waals surface area contributed by atoms with Crippen LogP contribution in [0, 0.1) is 46.3 Å². The molecule has 1 heterocycles. The molecule has 4 fully saturated rings. The van der Waals surface area contributed by atoms with Crippen LogP contribution in [0.3, 0.4) is 0 Å². The Kier molecular flexibility index (Phi) is 6.52. The molecule has 0 amide bonds. The van der Waals surface area contributed by atoms with E-state index < -0.39 is 5.60 Å². The molecule has 0 N–H and O–H groups in total. The van der Waals surface area contributed by atoms with Gasteiger partial charge in [-0.15, -0.1) is 0 Å². The van der Waals surface area contributed by atoms with Crippen molar-refractivity contribution in [1.82, 2.24) is 0 Å². The number of fused-ring (bicyclic) bond motifs is 5. The van der Waals surface area contributed by atoms with Gasteiger partial charge in [-0.25, -0.2) is 4.99 Å². The van der Waals surface area contributed by atoms with Crippen LogP contribution in [0.1, 0.15) is 99.3 Å². The summed E-state index contributed by atoms with van der Waals surface area (Å²) in [5, 5.41) is 0. The van der Waals surface area contributed by atoms with E-state index in [1.54, 1.807) is 0 Å². The van der Waals surface area contributed by atoms with E-state index in [4.69, 9.17) is 19.2 Å². The molecule has 0 bridgehead atoms. The van der Waals surface area contributed by atoms with Crippen molar-refractivity contribution in [3.8, 4) is 0 Å². The summed E-state index contributed by atoms with van der Waals surface area (Å²) in [5.41, 5.74) is -0.649. The molecule has 5 rings (SSSR count). The van der Waals surface area contributed by atoms with Crippen molar-refractivity contribution in [3.05, 3.63) is 0 Å². The Bertz CT molecular complexity index is 902. The zero-order valence-corrected chi connectivity index (χ0v) is 23.3. The Hall–Kier alpha value is -1.59. The maximum atomic E-state index is 11.8. The molecule has 1 aliphatic heterocycles. The van der Waals surface area contributed by atoms with E-state index in [-0.39, 0.29) is 23.0 Å². The number of carbonyl (C=O) groups is 2. The van der Waals surface area contributed by atoms with Crippen molar-refractivity contribution >= 4 is 18.8 Å². The summed E-state index contributed by atoms with van der Waals surface area (Å²) in [7, 11) is 0. The highest BCUT2D eigenvalue weighted by Crippen LogP contribution is 2.69. The van der Waals surface area contributed by atoms with Crippen LogP contribution in [0.5, 0.6) is 0 Å². The van der Waals surface area contributed by atoms with Crippen molar-refractivity contribution in [3.63, 3.8) is 0 Å². The van der Waals surface area contributed by atoms with Gasteiger partial charge in [0.05, 0.1) is 5.54 Å². The van der Waals surface area contributed by atoms with Crippen molar-refractivity contribution in [2.24, 2.45) is 51.3 Å². The van der Waals surface area contributed by atoms with Crippen molar-refractivity contribution in [1.29, 1.82) is 0 Å². The highest BCUT2D eigenvalue weighted by Gasteiger charge is 2.66. The monoisotopic (exact) mass is 501 g/mol. The van der Waals surface area contributed by atoms with E-state index in [1.807, 2.05) is 13.8 Å². The zero-order valence-electron chi connectivity index (χ0n) is 23.3. The lowest BCUT2D eigenvalue weighted by atomic mass is 9.43. The Balaban J connectivity index is 1.47. The van der Waals surface area contributed by atoms with Crippen LogP contribution in [0.15, 0.2) is 4.99 Å². The van der Waals surface area contributed by atoms with Crippen LogP contribution in [0.2, 0.25) is 0 Å². The first-order chi connectivity index (χ1) is 17.0.